The van der Waals surface area contributed by atoms with E-state index in [4.69, 9.17) is 0 Å². The van der Waals surface area contributed by atoms with Crippen molar-refractivity contribution in [1.29, 1.82) is 0 Å². The topological polar surface area (TPSA) is 108 Å². The quantitative estimate of drug-likeness (QED) is 0.516. The van der Waals surface area contributed by atoms with E-state index in [-0.39, 0.29) is 17.0 Å². The van der Waals surface area contributed by atoms with Gasteiger partial charge in [0, 0.05) is 18.7 Å². The van der Waals surface area contributed by atoms with Gasteiger partial charge < -0.3 is 5.32 Å². The molecule has 2 N–H and O–H groups in total. The van der Waals surface area contributed by atoms with Crippen LogP contribution in [0.25, 0.3) is 0 Å². The summed E-state index contributed by atoms with van der Waals surface area (Å²) in [5.74, 6) is -0.947. The molecule has 1 aliphatic rings. The highest BCUT2D eigenvalue weighted by Gasteiger charge is 2.27. The van der Waals surface area contributed by atoms with Crippen molar-refractivity contribution >= 4 is 28.1 Å². The monoisotopic (exact) mass is 428 g/mol. The number of rotatable bonds is 7. The minimum atomic E-state index is -3.52. The molecule has 2 aromatic carbocycles. The molecule has 2 amide bonds. The smallest absolute Gasteiger partial charge is 0.259 e. The fraction of sp³-hybridized carbons (Fsp3) is 0.286. The Labute approximate surface area is 176 Å². The molecule has 0 unspecified atom stereocenters. The van der Waals surface area contributed by atoms with Crippen LogP contribution in [0.1, 0.15) is 34.3 Å². The van der Waals surface area contributed by atoms with Gasteiger partial charge in [-0.2, -0.15) is 9.41 Å². The fourth-order valence-corrected chi connectivity index (χ4v) is 4.51. The standard InChI is InChI=1S/C21H24N4O4S/c1-16-4-6-17(7-5-16)14-23-24-20(26)15-22-21(27)18-8-10-19(11-9-18)30(28,29)25-12-2-3-13-25/h4-11,14H,2-3,12-13,15H2,1H3,(H,22,27)(H,24,26). The lowest BCUT2D eigenvalue weighted by Crippen LogP contribution is -2.35. The molecule has 0 aromatic heterocycles. The summed E-state index contributed by atoms with van der Waals surface area (Å²) in [6.07, 6.45) is 3.23. The SMILES string of the molecule is Cc1ccc(C=NNC(=O)CNC(=O)c2ccc(S(=O)(=O)N3CCCC3)cc2)cc1. The Balaban J connectivity index is 1.49. The summed E-state index contributed by atoms with van der Waals surface area (Å²) in [5, 5.41) is 6.33. The summed E-state index contributed by atoms with van der Waals surface area (Å²) in [5.41, 5.74) is 4.58. The highest BCUT2D eigenvalue weighted by Crippen LogP contribution is 2.21. The molecule has 1 aliphatic heterocycles. The zero-order valence-electron chi connectivity index (χ0n) is 16.7. The second-order valence-electron chi connectivity index (χ2n) is 7.02. The molecule has 3 rings (SSSR count). The van der Waals surface area contributed by atoms with Gasteiger partial charge in [0.2, 0.25) is 10.0 Å². The third-order valence-electron chi connectivity index (χ3n) is 4.71. The first-order valence-corrected chi connectivity index (χ1v) is 11.1. The molecule has 0 bridgehead atoms. The van der Waals surface area contributed by atoms with E-state index in [0.717, 1.165) is 24.0 Å². The van der Waals surface area contributed by atoms with Gasteiger partial charge in [0.1, 0.15) is 0 Å². The third-order valence-corrected chi connectivity index (χ3v) is 6.62. The van der Waals surface area contributed by atoms with Crippen molar-refractivity contribution in [3.05, 3.63) is 65.2 Å². The van der Waals surface area contributed by atoms with Crippen molar-refractivity contribution < 1.29 is 18.0 Å². The first-order valence-electron chi connectivity index (χ1n) is 9.63. The summed E-state index contributed by atoms with van der Waals surface area (Å²) in [6, 6.07) is 13.3. The second kappa shape index (κ2) is 9.64. The summed E-state index contributed by atoms with van der Waals surface area (Å²) < 4.78 is 26.5. The average molecular weight is 429 g/mol. The number of hydrazone groups is 1. The molecule has 0 spiro atoms. The van der Waals surface area contributed by atoms with Gasteiger partial charge >= 0.3 is 0 Å². The van der Waals surface area contributed by atoms with Gasteiger partial charge in [-0.05, 0) is 49.6 Å². The van der Waals surface area contributed by atoms with Crippen molar-refractivity contribution in [2.75, 3.05) is 19.6 Å². The van der Waals surface area contributed by atoms with Gasteiger partial charge in [-0.25, -0.2) is 13.8 Å². The summed E-state index contributed by atoms with van der Waals surface area (Å²) in [4.78, 5) is 24.2. The molecule has 0 atom stereocenters. The average Bonchev–Trinajstić information content (AvgIpc) is 3.29. The zero-order valence-corrected chi connectivity index (χ0v) is 17.5. The lowest BCUT2D eigenvalue weighted by Gasteiger charge is -2.15. The number of amides is 2. The molecule has 2 aromatic rings. The minimum absolute atomic E-state index is 0.157. The first-order chi connectivity index (χ1) is 14.4. The molecular formula is C21H24N4O4S. The van der Waals surface area contributed by atoms with Crippen molar-refractivity contribution in [3.63, 3.8) is 0 Å². The number of carbonyl (C=O) groups is 2. The van der Waals surface area contributed by atoms with Crippen LogP contribution in [0.3, 0.4) is 0 Å². The zero-order chi connectivity index (χ0) is 21.6. The van der Waals surface area contributed by atoms with E-state index in [1.165, 1.54) is 34.8 Å². The maximum Gasteiger partial charge on any atom is 0.259 e. The molecule has 8 nitrogen and oxygen atoms in total. The minimum Gasteiger partial charge on any atom is -0.343 e. The van der Waals surface area contributed by atoms with Crippen molar-refractivity contribution in [3.8, 4) is 0 Å². The fourth-order valence-electron chi connectivity index (χ4n) is 2.99. The van der Waals surface area contributed by atoms with E-state index in [2.05, 4.69) is 15.8 Å². The van der Waals surface area contributed by atoms with Crippen molar-refractivity contribution in [1.82, 2.24) is 15.0 Å². The number of nitrogens with one attached hydrogen (secondary N) is 2. The lowest BCUT2D eigenvalue weighted by molar-refractivity contribution is -0.120. The third kappa shape index (κ3) is 5.52. The first kappa shape index (κ1) is 21.7. The Kier molecular flexibility index (Phi) is 6.96. The van der Waals surface area contributed by atoms with E-state index in [0.29, 0.717) is 13.1 Å². The van der Waals surface area contributed by atoms with Crippen LogP contribution < -0.4 is 10.7 Å². The van der Waals surface area contributed by atoms with Crippen LogP contribution in [-0.2, 0) is 14.8 Å². The Morgan fingerprint density at radius 3 is 2.30 bits per heavy atom. The van der Waals surface area contributed by atoms with Gasteiger partial charge in [0.05, 0.1) is 17.7 Å². The molecule has 1 fully saturated rings. The number of hydrogen-bond donors (Lipinski definition) is 2. The van der Waals surface area contributed by atoms with E-state index in [1.807, 2.05) is 31.2 Å². The second-order valence-corrected chi connectivity index (χ2v) is 8.96. The number of carbonyl (C=O) groups excluding carboxylic acids is 2. The molecule has 0 radical (unpaired) electrons. The predicted molar refractivity (Wildman–Crippen MR) is 114 cm³/mol. The highest BCUT2D eigenvalue weighted by atomic mass is 32.2. The Bertz CT molecular complexity index is 1030. The van der Waals surface area contributed by atoms with E-state index < -0.39 is 21.8 Å². The Morgan fingerprint density at radius 2 is 1.67 bits per heavy atom. The lowest BCUT2D eigenvalue weighted by atomic mass is 10.2. The normalized spacial score (nSPS) is 14.7. The van der Waals surface area contributed by atoms with Crippen molar-refractivity contribution in [2.24, 2.45) is 5.10 Å². The van der Waals surface area contributed by atoms with Crippen molar-refractivity contribution in [2.45, 2.75) is 24.7 Å². The summed E-state index contributed by atoms with van der Waals surface area (Å²) >= 11 is 0. The van der Waals surface area contributed by atoms with Gasteiger partial charge in [-0.15, -0.1) is 0 Å². The Hall–Kier alpha value is -3.04. The maximum absolute atomic E-state index is 12.5. The molecule has 0 aliphatic carbocycles. The number of aryl methyl sites for hydroxylation is 1. The number of benzene rings is 2. The summed E-state index contributed by atoms with van der Waals surface area (Å²) in [7, 11) is -3.52. The molecule has 30 heavy (non-hydrogen) atoms. The molecule has 9 heteroatoms. The largest absolute Gasteiger partial charge is 0.343 e. The molecule has 0 saturated carbocycles. The van der Waals surface area contributed by atoms with Crippen LogP contribution >= 0.6 is 0 Å². The Morgan fingerprint density at radius 1 is 1.03 bits per heavy atom. The van der Waals surface area contributed by atoms with E-state index in [9.17, 15) is 18.0 Å². The van der Waals surface area contributed by atoms with Crippen LogP contribution in [0.15, 0.2) is 58.5 Å². The number of nitrogens with zero attached hydrogens (tertiary/aromatic N) is 2. The molecule has 1 heterocycles. The van der Waals surface area contributed by atoms with Crippen LogP contribution in [0.2, 0.25) is 0 Å². The molecular weight excluding hydrogens is 404 g/mol. The number of hydrogen-bond acceptors (Lipinski definition) is 5. The van der Waals surface area contributed by atoms with E-state index in [1.54, 1.807) is 0 Å². The van der Waals surface area contributed by atoms with Crippen LogP contribution in [0.5, 0.6) is 0 Å². The molecule has 158 valence electrons. The van der Waals surface area contributed by atoms with E-state index >= 15 is 0 Å². The number of sulfonamides is 1. The highest BCUT2D eigenvalue weighted by molar-refractivity contribution is 7.89. The maximum atomic E-state index is 12.5. The van der Waals surface area contributed by atoms with Gasteiger partial charge in [0.15, 0.2) is 0 Å². The van der Waals surface area contributed by atoms with Crippen LogP contribution in [0.4, 0.5) is 0 Å². The van der Waals surface area contributed by atoms with Crippen LogP contribution in [-0.4, -0.2) is 50.4 Å². The van der Waals surface area contributed by atoms with Crippen LogP contribution in [0, 0.1) is 6.92 Å². The molecule has 1 saturated heterocycles. The van der Waals surface area contributed by atoms with Gasteiger partial charge in [-0.3, -0.25) is 9.59 Å². The van der Waals surface area contributed by atoms with Gasteiger partial charge in [0.25, 0.3) is 11.8 Å². The summed E-state index contributed by atoms with van der Waals surface area (Å²) in [6.45, 7) is 2.77. The predicted octanol–water partition coefficient (Wildman–Crippen LogP) is 1.66. The van der Waals surface area contributed by atoms with Gasteiger partial charge in [-0.1, -0.05) is 29.8 Å².